The van der Waals surface area contributed by atoms with E-state index in [0.717, 1.165) is 35.3 Å². The topological polar surface area (TPSA) is 72.2 Å². The quantitative estimate of drug-likeness (QED) is 0.372. The molecule has 0 bridgehead atoms. The summed E-state index contributed by atoms with van der Waals surface area (Å²) in [6.45, 7) is 6.46. The SMILES string of the molecule is CCC(C)N[C@@H](C)CCC(=O)c1ccnc(-c2cnn3ccc(-c4ccccc4)nc23)c1. The second-order valence-electron chi connectivity index (χ2n) is 8.27. The van der Waals surface area contributed by atoms with Crippen LogP contribution in [0.2, 0.25) is 0 Å². The highest BCUT2D eigenvalue weighted by Gasteiger charge is 2.15. The predicted octanol–water partition coefficient (Wildman–Crippen LogP) is 5.20. The minimum atomic E-state index is 0.126. The zero-order valence-corrected chi connectivity index (χ0v) is 18.8. The number of nitrogens with one attached hydrogen (secondary N) is 1. The fourth-order valence-electron chi connectivity index (χ4n) is 3.75. The van der Waals surface area contributed by atoms with Crippen LogP contribution in [0.4, 0.5) is 0 Å². The van der Waals surface area contributed by atoms with Crippen LogP contribution in [0.1, 0.15) is 50.4 Å². The summed E-state index contributed by atoms with van der Waals surface area (Å²) in [5.74, 6) is 0.126. The highest BCUT2D eigenvalue weighted by molar-refractivity contribution is 5.97. The molecular formula is C26H29N5O. The summed E-state index contributed by atoms with van der Waals surface area (Å²) in [7, 11) is 0. The van der Waals surface area contributed by atoms with Crippen LogP contribution >= 0.6 is 0 Å². The molecule has 1 unspecified atom stereocenters. The van der Waals surface area contributed by atoms with Crippen LogP contribution in [-0.2, 0) is 0 Å². The second-order valence-corrected chi connectivity index (χ2v) is 8.27. The van der Waals surface area contributed by atoms with Crippen molar-refractivity contribution >= 4 is 11.4 Å². The maximum absolute atomic E-state index is 12.8. The third-order valence-electron chi connectivity index (χ3n) is 5.78. The normalized spacial score (nSPS) is 13.2. The van der Waals surface area contributed by atoms with E-state index in [1.165, 1.54) is 0 Å². The lowest BCUT2D eigenvalue weighted by molar-refractivity contribution is 0.0976. The van der Waals surface area contributed by atoms with Crippen LogP contribution in [0.15, 0.2) is 67.1 Å². The van der Waals surface area contributed by atoms with Gasteiger partial charge in [0.2, 0.25) is 0 Å². The van der Waals surface area contributed by atoms with E-state index in [-0.39, 0.29) is 5.78 Å². The van der Waals surface area contributed by atoms with Gasteiger partial charge in [0, 0.05) is 42.0 Å². The fourth-order valence-corrected chi connectivity index (χ4v) is 3.75. The van der Waals surface area contributed by atoms with Crippen molar-refractivity contribution in [3.8, 4) is 22.5 Å². The molecule has 3 aromatic heterocycles. The highest BCUT2D eigenvalue weighted by atomic mass is 16.1. The van der Waals surface area contributed by atoms with E-state index < -0.39 is 0 Å². The van der Waals surface area contributed by atoms with E-state index in [1.54, 1.807) is 23.0 Å². The highest BCUT2D eigenvalue weighted by Crippen LogP contribution is 2.25. The Morgan fingerprint density at radius 1 is 1.06 bits per heavy atom. The Labute approximate surface area is 188 Å². The van der Waals surface area contributed by atoms with Gasteiger partial charge in [0.05, 0.1) is 23.1 Å². The molecule has 4 rings (SSSR count). The van der Waals surface area contributed by atoms with Crippen molar-refractivity contribution in [2.75, 3.05) is 0 Å². The molecule has 0 aliphatic rings. The van der Waals surface area contributed by atoms with Crippen LogP contribution in [-0.4, -0.2) is 37.4 Å². The van der Waals surface area contributed by atoms with Crippen LogP contribution < -0.4 is 5.32 Å². The molecule has 4 aromatic rings. The number of pyridine rings is 1. The van der Waals surface area contributed by atoms with Crippen LogP contribution in [0.5, 0.6) is 0 Å². The molecule has 0 amide bonds. The predicted molar refractivity (Wildman–Crippen MR) is 128 cm³/mol. The molecule has 164 valence electrons. The molecule has 6 heteroatoms. The van der Waals surface area contributed by atoms with Gasteiger partial charge in [0.15, 0.2) is 11.4 Å². The first-order valence-corrected chi connectivity index (χ1v) is 11.2. The van der Waals surface area contributed by atoms with Crippen molar-refractivity contribution in [3.05, 3.63) is 72.7 Å². The molecule has 3 heterocycles. The van der Waals surface area contributed by atoms with E-state index in [9.17, 15) is 4.79 Å². The number of ketones is 1. The Morgan fingerprint density at radius 2 is 1.88 bits per heavy atom. The number of nitrogens with zero attached hydrogens (tertiary/aromatic N) is 4. The molecule has 0 saturated heterocycles. The number of carbonyl (C=O) groups excluding carboxylic acids is 1. The number of hydrogen-bond donors (Lipinski definition) is 1. The van der Waals surface area contributed by atoms with Crippen molar-refractivity contribution in [3.63, 3.8) is 0 Å². The van der Waals surface area contributed by atoms with E-state index >= 15 is 0 Å². The summed E-state index contributed by atoms with van der Waals surface area (Å²) in [5, 5.41) is 7.95. The van der Waals surface area contributed by atoms with Gasteiger partial charge in [-0.3, -0.25) is 9.78 Å². The number of hydrogen-bond acceptors (Lipinski definition) is 5. The Morgan fingerprint density at radius 3 is 2.66 bits per heavy atom. The maximum Gasteiger partial charge on any atom is 0.164 e. The second kappa shape index (κ2) is 9.83. The molecule has 0 aliphatic heterocycles. The standard InChI is InChI=1S/C26H29N5O/c1-4-18(2)29-19(3)10-11-25(32)21-12-14-27-24(16-21)22-17-28-31-15-13-23(30-26(22)31)20-8-6-5-7-9-20/h5-9,12-19,29H,4,10-11H2,1-3H3/t18?,19-/m0/s1. The van der Waals surface area contributed by atoms with E-state index in [2.05, 4.69) is 36.2 Å². The van der Waals surface area contributed by atoms with Crippen LogP contribution in [0.25, 0.3) is 28.2 Å². The number of Topliss-reactive ketones (excluding diaryl/α,β-unsaturated/α-hetero) is 1. The Balaban J connectivity index is 1.56. The van der Waals surface area contributed by atoms with Gasteiger partial charge in [0.25, 0.3) is 0 Å². The number of fused-ring (bicyclic) bond motifs is 1. The smallest absolute Gasteiger partial charge is 0.164 e. The van der Waals surface area contributed by atoms with Crippen molar-refractivity contribution < 1.29 is 4.79 Å². The first kappa shape index (κ1) is 21.8. The van der Waals surface area contributed by atoms with Crippen molar-refractivity contribution in [2.24, 2.45) is 0 Å². The Bertz CT molecular complexity index is 1200. The Hall–Kier alpha value is -3.38. The number of aromatic nitrogens is 4. The van der Waals surface area contributed by atoms with Gasteiger partial charge in [0.1, 0.15) is 0 Å². The monoisotopic (exact) mass is 427 g/mol. The summed E-state index contributed by atoms with van der Waals surface area (Å²) >= 11 is 0. The molecule has 0 aliphatic carbocycles. The van der Waals surface area contributed by atoms with Crippen molar-refractivity contribution in [2.45, 2.75) is 52.1 Å². The first-order valence-electron chi connectivity index (χ1n) is 11.2. The van der Waals surface area contributed by atoms with E-state index in [4.69, 9.17) is 4.98 Å². The largest absolute Gasteiger partial charge is 0.312 e. The first-order chi connectivity index (χ1) is 15.5. The number of carbonyl (C=O) groups is 1. The third kappa shape index (κ3) is 4.92. The summed E-state index contributed by atoms with van der Waals surface area (Å²) in [5.41, 5.74) is 4.81. The van der Waals surface area contributed by atoms with Gasteiger partial charge in [-0.05, 0) is 44.9 Å². The zero-order valence-electron chi connectivity index (χ0n) is 18.8. The summed E-state index contributed by atoms with van der Waals surface area (Å²) in [6.07, 6.45) is 7.72. The molecule has 6 nitrogen and oxygen atoms in total. The van der Waals surface area contributed by atoms with Crippen molar-refractivity contribution in [1.82, 2.24) is 24.9 Å². The van der Waals surface area contributed by atoms with Gasteiger partial charge in [-0.25, -0.2) is 9.50 Å². The summed E-state index contributed by atoms with van der Waals surface area (Å²) in [4.78, 5) is 22.2. The van der Waals surface area contributed by atoms with E-state index in [0.29, 0.717) is 29.8 Å². The summed E-state index contributed by atoms with van der Waals surface area (Å²) < 4.78 is 1.74. The fraction of sp³-hybridized carbons (Fsp3) is 0.308. The average molecular weight is 428 g/mol. The molecule has 0 saturated carbocycles. The number of benzene rings is 1. The lowest BCUT2D eigenvalue weighted by Crippen LogP contribution is -2.34. The zero-order chi connectivity index (χ0) is 22.5. The molecule has 2 atom stereocenters. The lowest BCUT2D eigenvalue weighted by Gasteiger charge is -2.18. The molecule has 32 heavy (non-hydrogen) atoms. The molecule has 1 N–H and O–H groups in total. The average Bonchev–Trinajstić information content (AvgIpc) is 3.26. The molecule has 1 aromatic carbocycles. The molecule has 0 fully saturated rings. The Kier molecular flexibility index (Phi) is 6.71. The number of rotatable bonds is 9. The van der Waals surface area contributed by atoms with E-state index in [1.807, 2.05) is 48.7 Å². The van der Waals surface area contributed by atoms with Crippen molar-refractivity contribution in [1.29, 1.82) is 0 Å². The summed E-state index contributed by atoms with van der Waals surface area (Å²) in [6, 6.07) is 16.4. The van der Waals surface area contributed by atoms with Gasteiger partial charge in [-0.2, -0.15) is 5.10 Å². The minimum absolute atomic E-state index is 0.126. The van der Waals surface area contributed by atoms with Crippen LogP contribution in [0, 0.1) is 0 Å². The third-order valence-corrected chi connectivity index (χ3v) is 5.78. The molecular weight excluding hydrogens is 398 g/mol. The van der Waals surface area contributed by atoms with Gasteiger partial charge in [-0.15, -0.1) is 0 Å². The molecule has 0 spiro atoms. The molecule has 0 radical (unpaired) electrons. The lowest BCUT2D eigenvalue weighted by atomic mass is 10.0. The van der Waals surface area contributed by atoms with Gasteiger partial charge >= 0.3 is 0 Å². The van der Waals surface area contributed by atoms with Gasteiger partial charge < -0.3 is 5.32 Å². The van der Waals surface area contributed by atoms with Crippen LogP contribution in [0.3, 0.4) is 0 Å². The maximum atomic E-state index is 12.8. The minimum Gasteiger partial charge on any atom is -0.312 e. The van der Waals surface area contributed by atoms with Gasteiger partial charge in [-0.1, -0.05) is 37.3 Å².